The average molecular weight is 524 g/mol. The zero-order valence-corrected chi connectivity index (χ0v) is 20.6. The summed E-state index contributed by atoms with van der Waals surface area (Å²) in [7, 11) is 5.45. The van der Waals surface area contributed by atoms with E-state index in [0.29, 0.717) is 18.3 Å². The smallest absolute Gasteiger partial charge is 0.246 e. The molecule has 162 valence electrons. The number of hydrogen-bond donors (Lipinski definition) is 1. The van der Waals surface area contributed by atoms with Gasteiger partial charge in [0.15, 0.2) is 11.8 Å². The summed E-state index contributed by atoms with van der Waals surface area (Å²) >= 11 is 0. The van der Waals surface area contributed by atoms with Crippen LogP contribution in [0.4, 0.5) is 0 Å². The molecule has 1 aromatic carbocycles. The number of guanidine groups is 1. The van der Waals surface area contributed by atoms with Crippen LogP contribution in [0, 0.1) is 20.8 Å². The first kappa shape index (κ1) is 23.7. The summed E-state index contributed by atoms with van der Waals surface area (Å²) in [4.78, 5) is 10.6. The molecule has 0 atom stereocenters. The maximum absolute atomic E-state index is 5.27. The lowest BCUT2D eigenvalue weighted by molar-refractivity contribution is 0.368. The van der Waals surface area contributed by atoms with E-state index in [1.54, 1.807) is 21.1 Å². The average Bonchev–Trinajstić information content (AvgIpc) is 3.25. The van der Waals surface area contributed by atoms with E-state index in [1.165, 1.54) is 17.0 Å². The Labute approximate surface area is 194 Å². The van der Waals surface area contributed by atoms with Crippen molar-refractivity contribution in [2.45, 2.75) is 33.9 Å². The summed E-state index contributed by atoms with van der Waals surface area (Å²) < 4.78 is 12.7. The molecule has 0 amide bonds. The molecule has 8 nitrogen and oxygen atoms in total. The highest BCUT2D eigenvalue weighted by Gasteiger charge is 2.15. The third-order valence-corrected chi connectivity index (χ3v) is 4.81. The van der Waals surface area contributed by atoms with E-state index in [1.807, 2.05) is 19.2 Å². The predicted octanol–water partition coefficient (Wildman–Crippen LogP) is 3.62. The number of aromatic nitrogens is 3. The van der Waals surface area contributed by atoms with Gasteiger partial charge in [0.05, 0.1) is 13.7 Å². The van der Waals surface area contributed by atoms with Crippen molar-refractivity contribution in [3.05, 3.63) is 59.0 Å². The highest BCUT2D eigenvalue weighted by molar-refractivity contribution is 14.0. The van der Waals surface area contributed by atoms with Crippen LogP contribution in [0.5, 0.6) is 5.75 Å². The number of aryl methyl sites for hydroxylation is 2. The Kier molecular flexibility index (Phi) is 8.27. The first-order chi connectivity index (χ1) is 13.9. The van der Waals surface area contributed by atoms with Crippen LogP contribution in [-0.2, 0) is 13.1 Å². The van der Waals surface area contributed by atoms with Gasteiger partial charge in [-0.05, 0) is 56.7 Å². The van der Waals surface area contributed by atoms with Crippen molar-refractivity contribution in [2.24, 2.45) is 4.99 Å². The molecule has 0 aliphatic rings. The van der Waals surface area contributed by atoms with Crippen LogP contribution in [0.25, 0.3) is 5.69 Å². The standard InChI is InChI=1S/C21H28N6O2.HI/c1-14-11-17(15(2)27(14)18-7-9-19(28-6)10-8-18)13-26(5)21(22-4)23-12-20-24-16(3)25-29-20;/h7-11H,12-13H2,1-6H3,(H,22,23);1H. The van der Waals surface area contributed by atoms with Crippen molar-refractivity contribution in [1.82, 2.24) is 24.9 Å². The van der Waals surface area contributed by atoms with Gasteiger partial charge in [-0.25, -0.2) is 0 Å². The van der Waals surface area contributed by atoms with Crippen molar-refractivity contribution in [1.29, 1.82) is 0 Å². The topological polar surface area (TPSA) is 80.7 Å². The van der Waals surface area contributed by atoms with Crippen molar-refractivity contribution in [3.8, 4) is 11.4 Å². The van der Waals surface area contributed by atoms with Gasteiger partial charge in [-0.2, -0.15) is 4.98 Å². The second kappa shape index (κ2) is 10.5. The molecular formula is C21H29IN6O2. The fourth-order valence-electron chi connectivity index (χ4n) is 3.40. The molecule has 0 fully saturated rings. The van der Waals surface area contributed by atoms with Crippen molar-refractivity contribution < 1.29 is 9.26 Å². The number of hydrogen-bond acceptors (Lipinski definition) is 5. The van der Waals surface area contributed by atoms with E-state index >= 15 is 0 Å². The SMILES string of the molecule is CN=C(NCc1nc(C)no1)N(C)Cc1cc(C)n(-c2ccc(OC)cc2)c1C.I. The zero-order chi connectivity index (χ0) is 21.0. The third kappa shape index (κ3) is 5.32. The molecular weight excluding hydrogens is 495 g/mol. The molecule has 0 radical (unpaired) electrons. The molecule has 0 saturated carbocycles. The van der Waals surface area contributed by atoms with E-state index in [4.69, 9.17) is 9.26 Å². The monoisotopic (exact) mass is 524 g/mol. The quantitative estimate of drug-likeness (QED) is 0.302. The number of halogens is 1. The molecule has 2 heterocycles. The molecule has 2 aromatic heterocycles. The summed E-state index contributed by atoms with van der Waals surface area (Å²) in [6, 6.07) is 10.3. The fourth-order valence-corrected chi connectivity index (χ4v) is 3.40. The highest BCUT2D eigenvalue weighted by atomic mass is 127. The second-order valence-electron chi connectivity index (χ2n) is 6.92. The van der Waals surface area contributed by atoms with Crippen LogP contribution in [0.2, 0.25) is 0 Å². The predicted molar refractivity (Wildman–Crippen MR) is 128 cm³/mol. The lowest BCUT2D eigenvalue weighted by Gasteiger charge is -2.21. The van der Waals surface area contributed by atoms with Crippen LogP contribution in [0.3, 0.4) is 0 Å². The molecule has 0 spiro atoms. The van der Waals surface area contributed by atoms with Gasteiger partial charge in [0.25, 0.3) is 0 Å². The van der Waals surface area contributed by atoms with Gasteiger partial charge in [-0.3, -0.25) is 4.99 Å². The fraction of sp³-hybridized carbons (Fsp3) is 0.381. The van der Waals surface area contributed by atoms with Crippen molar-refractivity contribution >= 4 is 29.9 Å². The summed E-state index contributed by atoms with van der Waals surface area (Å²) in [5, 5.41) is 7.07. The number of aliphatic imine (C=N–C) groups is 1. The molecule has 3 rings (SSSR count). The highest BCUT2D eigenvalue weighted by Crippen LogP contribution is 2.23. The van der Waals surface area contributed by atoms with Crippen molar-refractivity contribution in [2.75, 3.05) is 21.2 Å². The van der Waals surface area contributed by atoms with Gasteiger partial charge in [0.1, 0.15) is 5.75 Å². The van der Waals surface area contributed by atoms with Gasteiger partial charge in [0.2, 0.25) is 5.89 Å². The number of rotatable bonds is 6. The largest absolute Gasteiger partial charge is 0.497 e. The maximum atomic E-state index is 5.27. The molecule has 1 N–H and O–H groups in total. The van der Waals surface area contributed by atoms with E-state index < -0.39 is 0 Å². The van der Waals surface area contributed by atoms with Crippen LogP contribution < -0.4 is 10.1 Å². The van der Waals surface area contributed by atoms with E-state index in [2.05, 4.69) is 62.0 Å². The summed E-state index contributed by atoms with van der Waals surface area (Å²) in [5.41, 5.74) is 4.73. The zero-order valence-electron chi connectivity index (χ0n) is 18.3. The summed E-state index contributed by atoms with van der Waals surface area (Å²) in [5.74, 6) is 2.77. The number of nitrogens with one attached hydrogen (secondary N) is 1. The van der Waals surface area contributed by atoms with Gasteiger partial charge in [0, 0.05) is 37.7 Å². The Hall–Kier alpha value is -2.56. The second-order valence-corrected chi connectivity index (χ2v) is 6.92. The molecule has 30 heavy (non-hydrogen) atoms. The number of benzene rings is 1. The molecule has 0 bridgehead atoms. The Morgan fingerprint density at radius 2 is 1.93 bits per heavy atom. The molecule has 0 aliphatic carbocycles. The maximum Gasteiger partial charge on any atom is 0.246 e. The van der Waals surface area contributed by atoms with Crippen LogP contribution >= 0.6 is 24.0 Å². The number of nitrogens with zero attached hydrogens (tertiary/aromatic N) is 5. The van der Waals surface area contributed by atoms with Gasteiger partial charge in [-0.1, -0.05) is 5.16 Å². The van der Waals surface area contributed by atoms with Crippen LogP contribution in [-0.4, -0.2) is 46.8 Å². The number of methoxy groups -OCH3 is 1. The van der Waals surface area contributed by atoms with Crippen LogP contribution in [0.1, 0.15) is 28.7 Å². The minimum atomic E-state index is 0. The molecule has 9 heteroatoms. The summed E-state index contributed by atoms with van der Waals surface area (Å²) in [6.07, 6.45) is 0. The Morgan fingerprint density at radius 3 is 2.50 bits per heavy atom. The lowest BCUT2D eigenvalue weighted by atomic mass is 10.2. The van der Waals surface area contributed by atoms with E-state index in [-0.39, 0.29) is 24.0 Å². The first-order valence-corrected chi connectivity index (χ1v) is 9.46. The first-order valence-electron chi connectivity index (χ1n) is 9.46. The van der Waals surface area contributed by atoms with E-state index in [0.717, 1.165) is 23.9 Å². The van der Waals surface area contributed by atoms with Gasteiger partial charge in [-0.15, -0.1) is 24.0 Å². The normalized spacial score (nSPS) is 11.2. The minimum absolute atomic E-state index is 0. The van der Waals surface area contributed by atoms with Crippen molar-refractivity contribution in [3.63, 3.8) is 0 Å². The Balaban J connectivity index is 0.00000320. The molecule has 0 saturated heterocycles. The summed E-state index contributed by atoms with van der Waals surface area (Å²) in [6.45, 7) is 7.21. The Bertz CT molecular complexity index is 994. The lowest BCUT2D eigenvalue weighted by Crippen LogP contribution is -2.38. The van der Waals surface area contributed by atoms with Gasteiger partial charge >= 0.3 is 0 Å². The number of ether oxygens (including phenoxy) is 1. The molecule has 0 unspecified atom stereocenters. The van der Waals surface area contributed by atoms with Gasteiger partial charge < -0.3 is 24.0 Å². The minimum Gasteiger partial charge on any atom is -0.497 e. The Morgan fingerprint density at radius 1 is 1.23 bits per heavy atom. The molecule has 3 aromatic rings. The van der Waals surface area contributed by atoms with E-state index in [9.17, 15) is 0 Å². The molecule has 0 aliphatic heterocycles. The third-order valence-electron chi connectivity index (χ3n) is 4.81. The van der Waals surface area contributed by atoms with Crippen LogP contribution in [0.15, 0.2) is 39.8 Å².